The number of nitrogens with one attached hydrogen (secondary N) is 1. The van der Waals surface area contributed by atoms with Crippen molar-refractivity contribution in [2.45, 2.75) is 26.8 Å². The van der Waals surface area contributed by atoms with Gasteiger partial charge in [0.2, 0.25) is 0 Å². The van der Waals surface area contributed by atoms with Crippen LogP contribution in [0.3, 0.4) is 0 Å². The zero-order chi connectivity index (χ0) is 12.8. The van der Waals surface area contributed by atoms with Crippen molar-refractivity contribution in [3.05, 3.63) is 35.1 Å². The Labute approximate surface area is 107 Å². The molecule has 1 aromatic carbocycles. The zero-order valence-electron chi connectivity index (χ0n) is 10.7. The van der Waals surface area contributed by atoms with Crippen molar-refractivity contribution >= 4 is 11.8 Å². The molecule has 2 nitrogen and oxygen atoms in total. The lowest BCUT2D eigenvalue weighted by atomic mass is 10.1. The average Bonchev–Trinajstić information content (AvgIpc) is 2.28. The van der Waals surface area contributed by atoms with Crippen LogP contribution in [0.5, 0.6) is 0 Å². The average molecular weight is 256 g/mol. The first-order valence-corrected chi connectivity index (χ1v) is 7.00. The predicted molar refractivity (Wildman–Crippen MR) is 73.4 cm³/mol. The van der Waals surface area contributed by atoms with E-state index in [4.69, 9.17) is 5.84 Å². The fourth-order valence-corrected chi connectivity index (χ4v) is 2.68. The van der Waals surface area contributed by atoms with E-state index in [0.29, 0.717) is 11.5 Å². The van der Waals surface area contributed by atoms with Crippen molar-refractivity contribution in [2.24, 2.45) is 11.8 Å². The first kappa shape index (κ1) is 14.5. The molecule has 4 heteroatoms. The number of nitrogens with two attached hydrogens (primary N) is 1. The van der Waals surface area contributed by atoms with Crippen LogP contribution in [0, 0.1) is 18.7 Å². The van der Waals surface area contributed by atoms with Gasteiger partial charge in [-0.3, -0.25) is 11.3 Å². The highest BCUT2D eigenvalue weighted by atomic mass is 32.2. The number of thioether (sulfide) groups is 1. The first-order chi connectivity index (χ1) is 8.04. The zero-order valence-corrected chi connectivity index (χ0v) is 11.5. The third kappa shape index (κ3) is 4.66. The summed E-state index contributed by atoms with van der Waals surface area (Å²) in [6.07, 6.45) is 0. The Kier molecular flexibility index (Phi) is 5.95. The highest BCUT2D eigenvalue weighted by Crippen LogP contribution is 2.21. The van der Waals surface area contributed by atoms with Gasteiger partial charge in [0.05, 0.1) is 6.04 Å². The molecular formula is C13H21FN2S. The minimum Gasteiger partial charge on any atom is -0.271 e. The van der Waals surface area contributed by atoms with Crippen LogP contribution in [-0.2, 0) is 0 Å². The lowest BCUT2D eigenvalue weighted by molar-refractivity contribution is 0.596. The van der Waals surface area contributed by atoms with Crippen molar-refractivity contribution < 1.29 is 4.39 Å². The van der Waals surface area contributed by atoms with Crippen molar-refractivity contribution in [3.8, 4) is 0 Å². The summed E-state index contributed by atoms with van der Waals surface area (Å²) in [5, 5.41) is 0. The van der Waals surface area contributed by atoms with Crippen LogP contribution in [0.1, 0.15) is 31.0 Å². The molecule has 0 radical (unpaired) electrons. The number of rotatable bonds is 6. The van der Waals surface area contributed by atoms with Gasteiger partial charge < -0.3 is 0 Å². The topological polar surface area (TPSA) is 38.0 Å². The molecule has 96 valence electrons. The third-order valence-corrected chi connectivity index (χ3v) is 3.99. The van der Waals surface area contributed by atoms with Crippen LogP contribution in [0.25, 0.3) is 0 Å². The summed E-state index contributed by atoms with van der Waals surface area (Å²) in [7, 11) is 0. The number of benzene rings is 1. The summed E-state index contributed by atoms with van der Waals surface area (Å²) in [4.78, 5) is 0. The van der Waals surface area contributed by atoms with Gasteiger partial charge in [-0.05, 0) is 35.8 Å². The fraction of sp³-hybridized carbons (Fsp3) is 0.538. The molecule has 3 N–H and O–H groups in total. The maximum Gasteiger partial charge on any atom is 0.126 e. The van der Waals surface area contributed by atoms with E-state index < -0.39 is 0 Å². The highest BCUT2D eigenvalue weighted by molar-refractivity contribution is 7.99. The lowest BCUT2D eigenvalue weighted by Gasteiger charge is -2.17. The van der Waals surface area contributed by atoms with E-state index in [0.717, 1.165) is 17.1 Å². The van der Waals surface area contributed by atoms with Crippen molar-refractivity contribution in [3.63, 3.8) is 0 Å². The van der Waals surface area contributed by atoms with Gasteiger partial charge in [-0.15, -0.1) is 0 Å². The molecule has 0 bridgehead atoms. The molecule has 17 heavy (non-hydrogen) atoms. The quantitative estimate of drug-likeness (QED) is 0.607. The van der Waals surface area contributed by atoms with Gasteiger partial charge in [-0.2, -0.15) is 11.8 Å². The molecule has 0 aromatic heterocycles. The maximum absolute atomic E-state index is 13.2. The highest BCUT2D eigenvalue weighted by Gasteiger charge is 2.11. The molecule has 1 rings (SSSR count). The van der Waals surface area contributed by atoms with Crippen LogP contribution >= 0.6 is 11.8 Å². The Balaban J connectivity index is 2.62. The van der Waals surface area contributed by atoms with E-state index in [1.165, 1.54) is 6.07 Å². The van der Waals surface area contributed by atoms with E-state index in [-0.39, 0.29) is 11.9 Å². The molecule has 0 aliphatic rings. The molecule has 0 spiro atoms. The minimum absolute atomic E-state index is 0.0815. The Bertz CT molecular complexity index is 355. The van der Waals surface area contributed by atoms with E-state index in [2.05, 4.69) is 19.3 Å². The summed E-state index contributed by atoms with van der Waals surface area (Å²) in [5.74, 6) is 8.07. The van der Waals surface area contributed by atoms with Crippen molar-refractivity contribution in [2.75, 3.05) is 11.5 Å². The lowest BCUT2D eigenvalue weighted by Crippen LogP contribution is -2.30. The maximum atomic E-state index is 13.2. The van der Waals surface area contributed by atoms with Crippen LogP contribution in [0.4, 0.5) is 4.39 Å². The van der Waals surface area contributed by atoms with E-state index in [1.54, 1.807) is 13.0 Å². The largest absolute Gasteiger partial charge is 0.271 e. The van der Waals surface area contributed by atoms with Gasteiger partial charge >= 0.3 is 0 Å². The monoisotopic (exact) mass is 256 g/mol. The molecule has 1 aromatic rings. The number of hydrogen-bond acceptors (Lipinski definition) is 3. The summed E-state index contributed by atoms with van der Waals surface area (Å²) < 4.78 is 13.2. The second kappa shape index (κ2) is 6.99. The summed E-state index contributed by atoms with van der Waals surface area (Å²) in [6.45, 7) is 6.16. The number of aryl methyl sites for hydroxylation is 1. The first-order valence-electron chi connectivity index (χ1n) is 5.84. The van der Waals surface area contributed by atoms with Gasteiger partial charge in [0.1, 0.15) is 5.82 Å². The summed E-state index contributed by atoms with van der Waals surface area (Å²) >= 11 is 1.86. The molecule has 1 atom stereocenters. The molecule has 0 saturated heterocycles. The van der Waals surface area contributed by atoms with Gasteiger partial charge in [0.15, 0.2) is 0 Å². The van der Waals surface area contributed by atoms with Crippen LogP contribution in [-0.4, -0.2) is 11.5 Å². The Hall–Kier alpha value is -0.580. The van der Waals surface area contributed by atoms with Crippen LogP contribution in [0.15, 0.2) is 18.2 Å². The van der Waals surface area contributed by atoms with Gasteiger partial charge in [0.25, 0.3) is 0 Å². The molecule has 0 aliphatic heterocycles. The second-order valence-corrected chi connectivity index (χ2v) is 5.73. The van der Waals surface area contributed by atoms with Crippen molar-refractivity contribution in [1.82, 2.24) is 5.43 Å². The molecular weight excluding hydrogens is 235 g/mol. The van der Waals surface area contributed by atoms with Gasteiger partial charge in [-0.25, -0.2) is 4.39 Å². The molecule has 0 heterocycles. The Morgan fingerprint density at radius 1 is 1.35 bits per heavy atom. The van der Waals surface area contributed by atoms with E-state index in [9.17, 15) is 4.39 Å². The fourth-order valence-electron chi connectivity index (χ4n) is 1.55. The Morgan fingerprint density at radius 3 is 2.59 bits per heavy atom. The number of hydrazine groups is 1. The molecule has 0 saturated carbocycles. The molecule has 0 fully saturated rings. The van der Waals surface area contributed by atoms with E-state index >= 15 is 0 Å². The minimum atomic E-state index is -0.167. The van der Waals surface area contributed by atoms with Gasteiger partial charge in [-0.1, -0.05) is 26.0 Å². The number of hydrogen-bond donors (Lipinski definition) is 2. The van der Waals surface area contributed by atoms with Crippen molar-refractivity contribution in [1.29, 1.82) is 0 Å². The van der Waals surface area contributed by atoms with E-state index in [1.807, 2.05) is 17.8 Å². The Morgan fingerprint density at radius 2 is 2.06 bits per heavy atom. The molecule has 1 unspecified atom stereocenters. The molecule has 0 aliphatic carbocycles. The van der Waals surface area contributed by atoms with Crippen LogP contribution in [0.2, 0.25) is 0 Å². The summed E-state index contributed by atoms with van der Waals surface area (Å²) in [5.41, 5.74) is 4.50. The standard InChI is InChI=1S/C13H21FN2S/c1-9(2)7-17-8-13(16-15)11-4-5-12(14)10(3)6-11/h4-6,9,13,16H,7-8,15H2,1-3H3. The van der Waals surface area contributed by atoms with Gasteiger partial charge in [0, 0.05) is 5.75 Å². The molecule has 0 amide bonds. The summed E-state index contributed by atoms with van der Waals surface area (Å²) in [6, 6.07) is 5.24. The third-order valence-electron chi connectivity index (χ3n) is 2.52. The SMILES string of the molecule is Cc1cc(C(CSCC(C)C)NN)ccc1F. The normalized spacial score (nSPS) is 13.1. The number of halogens is 1. The predicted octanol–water partition coefficient (Wildman–Crippen LogP) is 3.03. The second-order valence-electron chi connectivity index (χ2n) is 4.66. The smallest absolute Gasteiger partial charge is 0.126 e. The van der Waals surface area contributed by atoms with Crippen LogP contribution < -0.4 is 11.3 Å².